The summed E-state index contributed by atoms with van der Waals surface area (Å²) < 4.78 is 10.4. The summed E-state index contributed by atoms with van der Waals surface area (Å²) in [6, 6.07) is 15.2. The quantitative estimate of drug-likeness (QED) is 0.594. The Morgan fingerprint density at radius 2 is 1.92 bits per heavy atom. The average Bonchev–Trinajstić information content (AvgIpc) is 2.69. The molecule has 0 fully saturated rings. The zero-order valence-electron chi connectivity index (χ0n) is 15.1. The van der Waals surface area contributed by atoms with Crippen LogP contribution in [-0.2, 0) is 0 Å². The zero-order chi connectivity index (χ0) is 18.9. The molecule has 26 heavy (non-hydrogen) atoms. The van der Waals surface area contributed by atoms with E-state index in [1.807, 2.05) is 42.2 Å². The summed E-state index contributed by atoms with van der Waals surface area (Å²) in [5, 5.41) is 19.8. The van der Waals surface area contributed by atoms with E-state index in [0.29, 0.717) is 29.3 Å². The molecule has 0 unspecified atom stereocenters. The van der Waals surface area contributed by atoms with Crippen molar-refractivity contribution in [3.05, 3.63) is 65.9 Å². The molecule has 0 atom stereocenters. The molecule has 1 N–H and O–H groups in total. The lowest BCUT2D eigenvalue weighted by molar-refractivity contribution is 0.363. The van der Waals surface area contributed by atoms with E-state index in [2.05, 4.69) is 6.07 Å². The monoisotopic (exact) mass is 350 g/mol. The largest absolute Gasteiger partial charge is 0.504 e. The first-order chi connectivity index (χ1) is 12.6. The maximum absolute atomic E-state index is 10.2. The van der Waals surface area contributed by atoms with Crippen LogP contribution in [0.25, 0.3) is 6.08 Å². The lowest BCUT2D eigenvalue weighted by atomic mass is 10.1. The number of phenols is 1. The number of anilines is 1. The maximum Gasteiger partial charge on any atom is 0.165 e. The second-order valence-corrected chi connectivity index (χ2v) is 5.37. The van der Waals surface area contributed by atoms with Crippen molar-refractivity contribution >= 4 is 11.8 Å². The molecular weight excluding hydrogens is 328 g/mol. The van der Waals surface area contributed by atoms with Crippen LogP contribution in [0, 0.1) is 11.3 Å². The number of nitriles is 1. The van der Waals surface area contributed by atoms with Crippen molar-refractivity contribution in [2.45, 2.75) is 6.92 Å². The lowest BCUT2D eigenvalue weighted by Gasteiger charge is -2.21. The predicted molar refractivity (Wildman–Crippen MR) is 103 cm³/mol. The Balaban J connectivity index is 2.33. The van der Waals surface area contributed by atoms with Crippen LogP contribution >= 0.6 is 0 Å². The fourth-order valence-corrected chi connectivity index (χ4v) is 2.53. The van der Waals surface area contributed by atoms with Gasteiger partial charge in [-0.05, 0) is 31.2 Å². The van der Waals surface area contributed by atoms with Crippen molar-refractivity contribution in [2.75, 3.05) is 25.7 Å². The van der Waals surface area contributed by atoms with E-state index >= 15 is 0 Å². The van der Waals surface area contributed by atoms with E-state index in [4.69, 9.17) is 9.47 Å². The van der Waals surface area contributed by atoms with E-state index in [0.717, 1.165) is 5.69 Å². The minimum absolute atomic E-state index is 0.0202. The van der Waals surface area contributed by atoms with Gasteiger partial charge in [-0.2, -0.15) is 5.26 Å². The summed E-state index contributed by atoms with van der Waals surface area (Å²) in [5.41, 5.74) is 1.99. The summed E-state index contributed by atoms with van der Waals surface area (Å²) in [6.07, 6.45) is 5.14. The number of methoxy groups -OCH3 is 2. The lowest BCUT2D eigenvalue weighted by Crippen LogP contribution is -2.20. The van der Waals surface area contributed by atoms with Gasteiger partial charge < -0.3 is 19.5 Å². The number of hydrogen-bond acceptors (Lipinski definition) is 5. The highest BCUT2D eigenvalue weighted by atomic mass is 16.5. The molecule has 2 aromatic carbocycles. The number of phenolic OH excluding ortho intramolecular Hbond substituents is 1. The van der Waals surface area contributed by atoms with E-state index < -0.39 is 0 Å². The number of para-hydroxylation sites is 1. The van der Waals surface area contributed by atoms with Gasteiger partial charge in [0.15, 0.2) is 11.5 Å². The SMILES string of the molecule is CCN(/C(C#N)=C/C=C/c1cc(OC)cc(OC)c1O)c1ccccc1. The smallest absolute Gasteiger partial charge is 0.165 e. The van der Waals surface area contributed by atoms with Gasteiger partial charge in [-0.15, -0.1) is 0 Å². The molecule has 0 spiro atoms. The number of benzene rings is 2. The van der Waals surface area contributed by atoms with Gasteiger partial charge in [0.2, 0.25) is 0 Å². The van der Waals surface area contributed by atoms with Crippen LogP contribution in [0.3, 0.4) is 0 Å². The van der Waals surface area contributed by atoms with E-state index in [-0.39, 0.29) is 5.75 Å². The second-order valence-electron chi connectivity index (χ2n) is 5.37. The zero-order valence-corrected chi connectivity index (χ0v) is 15.1. The predicted octanol–water partition coefficient (Wildman–Crippen LogP) is 4.36. The molecule has 0 aliphatic carbocycles. The van der Waals surface area contributed by atoms with E-state index in [1.165, 1.54) is 7.11 Å². The Morgan fingerprint density at radius 3 is 2.50 bits per heavy atom. The molecule has 2 rings (SSSR count). The number of ether oxygens (including phenoxy) is 2. The van der Waals surface area contributed by atoms with Crippen LogP contribution in [0.2, 0.25) is 0 Å². The fourth-order valence-electron chi connectivity index (χ4n) is 2.53. The van der Waals surface area contributed by atoms with Crippen molar-refractivity contribution in [3.63, 3.8) is 0 Å². The molecule has 134 valence electrons. The normalized spacial score (nSPS) is 11.2. The molecule has 0 aliphatic heterocycles. The van der Waals surface area contributed by atoms with Crippen LogP contribution in [0.5, 0.6) is 17.2 Å². The third-order valence-corrected chi connectivity index (χ3v) is 3.85. The molecule has 5 nitrogen and oxygen atoms in total. The van der Waals surface area contributed by atoms with Crippen molar-refractivity contribution in [1.29, 1.82) is 5.26 Å². The Kier molecular flexibility index (Phi) is 6.69. The molecular formula is C21H22N2O3. The third kappa shape index (κ3) is 4.37. The molecule has 2 aromatic rings. The number of nitrogens with zero attached hydrogens (tertiary/aromatic N) is 2. The molecule has 0 bridgehead atoms. The third-order valence-electron chi connectivity index (χ3n) is 3.85. The fraction of sp³-hybridized carbons (Fsp3) is 0.190. The van der Waals surface area contributed by atoms with Crippen LogP contribution in [0.1, 0.15) is 12.5 Å². The van der Waals surface area contributed by atoms with Gasteiger partial charge >= 0.3 is 0 Å². The van der Waals surface area contributed by atoms with Crippen LogP contribution < -0.4 is 14.4 Å². The summed E-state index contributed by atoms with van der Waals surface area (Å²) in [6.45, 7) is 2.65. The van der Waals surface area contributed by atoms with Crippen molar-refractivity contribution < 1.29 is 14.6 Å². The molecule has 0 radical (unpaired) electrons. The average molecular weight is 350 g/mol. The topological polar surface area (TPSA) is 65.7 Å². The van der Waals surface area contributed by atoms with Gasteiger partial charge in [-0.3, -0.25) is 0 Å². The Hall–Kier alpha value is -3.39. The summed E-state index contributed by atoms with van der Waals surface area (Å²) in [4.78, 5) is 1.91. The Morgan fingerprint density at radius 1 is 1.19 bits per heavy atom. The van der Waals surface area contributed by atoms with Gasteiger partial charge in [0.05, 0.1) is 14.2 Å². The number of hydrogen-bond donors (Lipinski definition) is 1. The highest BCUT2D eigenvalue weighted by Crippen LogP contribution is 2.35. The van der Waals surface area contributed by atoms with Crippen LogP contribution in [0.4, 0.5) is 5.69 Å². The minimum Gasteiger partial charge on any atom is -0.504 e. The molecule has 0 heterocycles. The second kappa shape index (κ2) is 9.19. The van der Waals surface area contributed by atoms with E-state index in [1.54, 1.807) is 37.5 Å². The highest BCUT2D eigenvalue weighted by molar-refractivity contribution is 5.66. The maximum atomic E-state index is 10.2. The molecule has 0 amide bonds. The van der Waals surface area contributed by atoms with Crippen LogP contribution in [0.15, 0.2) is 60.3 Å². The first-order valence-corrected chi connectivity index (χ1v) is 8.20. The molecule has 0 aliphatic rings. The van der Waals surface area contributed by atoms with Gasteiger partial charge in [-0.25, -0.2) is 0 Å². The molecule has 0 saturated heterocycles. The molecule has 5 heteroatoms. The van der Waals surface area contributed by atoms with Gasteiger partial charge in [0.25, 0.3) is 0 Å². The Bertz CT molecular complexity index is 836. The first kappa shape index (κ1) is 18.9. The van der Waals surface area contributed by atoms with Crippen molar-refractivity contribution in [3.8, 4) is 23.3 Å². The minimum atomic E-state index is 0.0202. The first-order valence-electron chi connectivity index (χ1n) is 8.20. The standard InChI is InChI=1S/C21H22N2O3/c1-4-23(17-10-6-5-7-11-17)18(15-22)12-8-9-16-13-19(25-2)14-20(26-3)21(16)24/h5-14,24H,4H2,1-3H3/b9-8+,18-12+. The highest BCUT2D eigenvalue weighted by Gasteiger charge is 2.10. The molecule has 0 aromatic heterocycles. The van der Waals surface area contributed by atoms with Gasteiger partial charge in [0, 0.05) is 23.9 Å². The van der Waals surface area contributed by atoms with Crippen LogP contribution in [-0.4, -0.2) is 25.9 Å². The number of rotatable bonds is 7. The molecule has 0 saturated carbocycles. The van der Waals surface area contributed by atoms with Gasteiger partial charge in [-0.1, -0.05) is 30.4 Å². The van der Waals surface area contributed by atoms with Crippen molar-refractivity contribution in [2.24, 2.45) is 0 Å². The van der Waals surface area contributed by atoms with Gasteiger partial charge in [0.1, 0.15) is 17.5 Å². The Labute approximate surface area is 154 Å². The number of aromatic hydroxyl groups is 1. The summed E-state index contributed by atoms with van der Waals surface area (Å²) in [5.74, 6) is 0.920. The summed E-state index contributed by atoms with van der Waals surface area (Å²) in [7, 11) is 3.03. The van der Waals surface area contributed by atoms with Crippen molar-refractivity contribution in [1.82, 2.24) is 0 Å². The number of allylic oxidation sites excluding steroid dienone is 3. The summed E-state index contributed by atoms with van der Waals surface area (Å²) >= 11 is 0. The van der Waals surface area contributed by atoms with E-state index in [9.17, 15) is 10.4 Å².